The minimum absolute atomic E-state index is 0.0542. The molecule has 0 fully saturated rings. The van der Waals surface area contributed by atoms with E-state index in [1.807, 2.05) is 31.3 Å². The number of hydrogen-bond acceptors (Lipinski definition) is 2. The summed E-state index contributed by atoms with van der Waals surface area (Å²) in [6, 6.07) is 11.3. The summed E-state index contributed by atoms with van der Waals surface area (Å²) in [6.45, 7) is 0. The normalized spacial score (nSPS) is 12.2. The second-order valence-electron chi connectivity index (χ2n) is 4.27. The molecule has 2 aromatic rings. The van der Waals surface area contributed by atoms with Gasteiger partial charge in [-0.2, -0.15) is 0 Å². The number of ether oxygens (including phenoxy) is 1. The van der Waals surface area contributed by atoms with Crippen LogP contribution in [-0.4, -0.2) is 14.2 Å². The Bertz CT molecular complexity index is 619. The van der Waals surface area contributed by atoms with Crippen molar-refractivity contribution in [2.75, 3.05) is 14.2 Å². The molecule has 0 heterocycles. The fourth-order valence-electron chi connectivity index (χ4n) is 2.08. The third-order valence-electron chi connectivity index (χ3n) is 3.08. The van der Waals surface area contributed by atoms with E-state index in [1.54, 1.807) is 19.2 Å². The van der Waals surface area contributed by atoms with Crippen molar-refractivity contribution in [2.24, 2.45) is 0 Å². The Morgan fingerprint density at radius 2 is 1.85 bits per heavy atom. The van der Waals surface area contributed by atoms with Gasteiger partial charge >= 0.3 is 0 Å². The molecule has 0 amide bonds. The van der Waals surface area contributed by atoms with E-state index in [9.17, 15) is 0 Å². The van der Waals surface area contributed by atoms with Crippen LogP contribution in [0.25, 0.3) is 0 Å². The van der Waals surface area contributed by atoms with Crippen LogP contribution < -0.4 is 10.1 Å². The molecule has 1 atom stereocenters. The van der Waals surface area contributed by atoms with Crippen molar-refractivity contribution < 1.29 is 4.74 Å². The molecule has 0 saturated heterocycles. The zero-order valence-electron chi connectivity index (χ0n) is 11.1. The topological polar surface area (TPSA) is 21.3 Å². The molecule has 20 heavy (non-hydrogen) atoms. The van der Waals surface area contributed by atoms with Crippen LogP contribution in [0.2, 0.25) is 10.0 Å². The summed E-state index contributed by atoms with van der Waals surface area (Å²) >= 11 is 15.9. The van der Waals surface area contributed by atoms with Crippen molar-refractivity contribution in [1.29, 1.82) is 0 Å². The van der Waals surface area contributed by atoms with Crippen molar-refractivity contribution in [3.05, 3.63) is 62.0 Å². The monoisotopic (exact) mass is 373 g/mol. The number of halogens is 3. The second-order valence-corrected chi connectivity index (χ2v) is 5.97. The SMILES string of the molecule is CNC(c1cc(Cl)ccc1Cl)c1ccc(OC)cc1Br. The van der Waals surface area contributed by atoms with Gasteiger partial charge in [-0.1, -0.05) is 45.2 Å². The van der Waals surface area contributed by atoms with Crippen molar-refractivity contribution in [2.45, 2.75) is 6.04 Å². The second kappa shape index (κ2) is 6.81. The van der Waals surface area contributed by atoms with Gasteiger partial charge in [-0.15, -0.1) is 0 Å². The summed E-state index contributed by atoms with van der Waals surface area (Å²) < 4.78 is 6.17. The lowest BCUT2D eigenvalue weighted by molar-refractivity contribution is 0.414. The first-order valence-corrected chi connectivity index (χ1v) is 7.57. The van der Waals surface area contributed by atoms with E-state index >= 15 is 0 Å². The molecule has 0 saturated carbocycles. The summed E-state index contributed by atoms with van der Waals surface area (Å²) in [5.41, 5.74) is 2.00. The van der Waals surface area contributed by atoms with E-state index in [2.05, 4.69) is 21.2 Å². The zero-order chi connectivity index (χ0) is 14.7. The van der Waals surface area contributed by atoms with Gasteiger partial charge in [0.2, 0.25) is 0 Å². The molecule has 5 heteroatoms. The Morgan fingerprint density at radius 1 is 1.10 bits per heavy atom. The number of methoxy groups -OCH3 is 1. The molecule has 2 rings (SSSR count). The zero-order valence-corrected chi connectivity index (χ0v) is 14.2. The maximum absolute atomic E-state index is 6.29. The van der Waals surface area contributed by atoms with Crippen LogP contribution in [0.5, 0.6) is 5.75 Å². The van der Waals surface area contributed by atoms with E-state index < -0.39 is 0 Å². The van der Waals surface area contributed by atoms with Gasteiger partial charge in [-0.05, 0) is 48.5 Å². The summed E-state index contributed by atoms with van der Waals surface area (Å²) in [4.78, 5) is 0. The van der Waals surface area contributed by atoms with Crippen LogP contribution in [0, 0.1) is 0 Å². The van der Waals surface area contributed by atoms with Crippen LogP contribution in [0.15, 0.2) is 40.9 Å². The molecule has 1 unspecified atom stereocenters. The predicted molar refractivity (Wildman–Crippen MR) is 88.1 cm³/mol. The standard InChI is InChI=1S/C15H14BrCl2NO/c1-19-15(12-7-9(17)3-6-14(12)18)11-5-4-10(20-2)8-13(11)16/h3-8,15,19H,1-2H3. The molecule has 0 spiro atoms. The Labute approximate surface area is 137 Å². The highest BCUT2D eigenvalue weighted by Crippen LogP contribution is 2.35. The van der Waals surface area contributed by atoms with Gasteiger partial charge in [-0.25, -0.2) is 0 Å². The quantitative estimate of drug-likeness (QED) is 0.806. The van der Waals surface area contributed by atoms with E-state index in [-0.39, 0.29) is 6.04 Å². The summed E-state index contributed by atoms with van der Waals surface area (Å²) in [6.07, 6.45) is 0. The lowest BCUT2D eigenvalue weighted by Crippen LogP contribution is -2.18. The molecule has 2 nitrogen and oxygen atoms in total. The lowest BCUT2D eigenvalue weighted by atomic mass is 9.98. The smallest absolute Gasteiger partial charge is 0.120 e. The van der Waals surface area contributed by atoms with Crippen LogP contribution in [0.3, 0.4) is 0 Å². The van der Waals surface area contributed by atoms with Gasteiger partial charge in [0, 0.05) is 14.5 Å². The molecule has 0 aromatic heterocycles. The van der Waals surface area contributed by atoms with Crippen molar-refractivity contribution in [3.8, 4) is 5.75 Å². The number of rotatable bonds is 4. The molecular formula is C15H14BrCl2NO. The highest BCUT2D eigenvalue weighted by atomic mass is 79.9. The van der Waals surface area contributed by atoms with Gasteiger partial charge in [0.05, 0.1) is 13.2 Å². The molecule has 1 N–H and O–H groups in total. The minimum Gasteiger partial charge on any atom is -0.497 e. The molecule has 0 bridgehead atoms. The van der Waals surface area contributed by atoms with Gasteiger partial charge in [0.15, 0.2) is 0 Å². The van der Waals surface area contributed by atoms with Gasteiger partial charge < -0.3 is 10.1 Å². The Hall–Kier alpha value is -0.740. The fraction of sp³-hybridized carbons (Fsp3) is 0.200. The van der Waals surface area contributed by atoms with Crippen LogP contribution in [-0.2, 0) is 0 Å². The third-order valence-corrected chi connectivity index (χ3v) is 4.34. The first-order chi connectivity index (χ1) is 9.56. The fourth-order valence-corrected chi connectivity index (χ4v) is 3.08. The first kappa shape index (κ1) is 15.6. The predicted octanol–water partition coefficient (Wildman–Crippen LogP) is 5.07. The molecular weight excluding hydrogens is 361 g/mol. The van der Waals surface area contributed by atoms with E-state index in [1.165, 1.54) is 0 Å². The van der Waals surface area contributed by atoms with Crippen LogP contribution in [0.1, 0.15) is 17.2 Å². The highest BCUT2D eigenvalue weighted by Gasteiger charge is 2.18. The highest BCUT2D eigenvalue weighted by molar-refractivity contribution is 9.10. The van der Waals surface area contributed by atoms with Crippen LogP contribution >= 0.6 is 39.1 Å². The van der Waals surface area contributed by atoms with Gasteiger partial charge in [-0.3, -0.25) is 0 Å². The van der Waals surface area contributed by atoms with E-state index in [4.69, 9.17) is 27.9 Å². The van der Waals surface area contributed by atoms with Crippen molar-refractivity contribution in [3.63, 3.8) is 0 Å². The van der Waals surface area contributed by atoms with Gasteiger partial charge in [0.1, 0.15) is 5.75 Å². The van der Waals surface area contributed by atoms with Crippen LogP contribution in [0.4, 0.5) is 0 Å². The molecule has 0 radical (unpaired) electrons. The summed E-state index contributed by atoms with van der Waals surface area (Å²) in [5.74, 6) is 0.799. The van der Waals surface area contributed by atoms with E-state index in [0.29, 0.717) is 10.0 Å². The Kier molecular flexibility index (Phi) is 5.33. The maximum atomic E-state index is 6.29. The number of hydrogen-bond donors (Lipinski definition) is 1. The average Bonchev–Trinajstić information content (AvgIpc) is 2.44. The Morgan fingerprint density at radius 3 is 2.45 bits per heavy atom. The number of benzene rings is 2. The van der Waals surface area contributed by atoms with E-state index in [0.717, 1.165) is 21.3 Å². The first-order valence-electron chi connectivity index (χ1n) is 6.02. The summed E-state index contributed by atoms with van der Waals surface area (Å²) in [5, 5.41) is 4.61. The third kappa shape index (κ3) is 3.29. The van der Waals surface area contributed by atoms with Crippen molar-refractivity contribution in [1.82, 2.24) is 5.32 Å². The van der Waals surface area contributed by atoms with Crippen molar-refractivity contribution >= 4 is 39.1 Å². The summed E-state index contributed by atoms with van der Waals surface area (Å²) in [7, 11) is 3.53. The maximum Gasteiger partial charge on any atom is 0.120 e. The molecule has 2 aromatic carbocycles. The largest absolute Gasteiger partial charge is 0.497 e. The Balaban J connectivity index is 2.49. The molecule has 0 aliphatic rings. The molecule has 106 valence electrons. The van der Waals surface area contributed by atoms with Gasteiger partial charge in [0.25, 0.3) is 0 Å². The average molecular weight is 375 g/mol. The molecule has 0 aliphatic carbocycles. The lowest BCUT2D eigenvalue weighted by Gasteiger charge is -2.20. The minimum atomic E-state index is -0.0542. The number of nitrogens with one attached hydrogen (secondary N) is 1. The molecule has 0 aliphatic heterocycles.